The van der Waals surface area contributed by atoms with Crippen LogP contribution in [0.3, 0.4) is 0 Å². The Kier molecular flexibility index (Phi) is 7.70. The van der Waals surface area contributed by atoms with E-state index in [-0.39, 0.29) is 6.54 Å². The first-order valence-electron chi connectivity index (χ1n) is 11.1. The average molecular weight is 468 g/mol. The second-order valence-electron chi connectivity index (χ2n) is 7.65. The molecule has 0 aliphatic carbocycles. The number of carbonyl (C=O) groups excluding carboxylic acids is 2. The standard InChI is InChI=1S/C28H25N3O4/c1-34-25-14-8-7-13-23(25)28(33)29-18-27(32)31-30-17-24-22-12-6-5-11-21(22)15-16-26(24)35-19-20-9-3-2-4-10-20/h2-17H,18-19H2,1H3,(H,29,33)(H,31,32). The second-order valence-corrected chi connectivity index (χ2v) is 7.65. The van der Waals surface area contributed by atoms with Gasteiger partial charge in [-0.1, -0.05) is 72.8 Å². The van der Waals surface area contributed by atoms with Crippen molar-refractivity contribution in [1.29, 1.82) is 0 Å². The lowest BCUT2D eigenvalue weighted by atomic mass is 10.0. The van der Waals surface area contributed by atoms with Crippen LogP contribution in [0.2, 0.25) is 0 Å². The molecule has 0 aliphatic rings. The van der Waals surface area contributed by atoms with Gasteiger partial charge in [0.15, 0.2) is 0 Å². The zero-order valence-electron chi connectivity index (χ0n) is 19.2. The van der Waals surface area contributed by atoms with E-state index in [2.05, 4.69) is 15.8 Å². The summed E-state index contributed by atoms with van der Waals surface area (Å²) in [6.07, 6.45) is 1.56. The predicted octanol–water partition coefficient (Wildman–Crippen LogP) is 4.31. The topological polar surface area (TPSA) is 89.0 Å². The third-order valence-electron chi connectivity index (χ3n) is 5.31. The first-order chi connectivity index (χ1) is 17.2. The van der Waals surface area contributed by atoms with E-state index >= 15 is 0 Å². The summed E-state index contributed by atoms with van der Waals surface area (Å²) in [5.41, 5.74) is 4.60. The van der Waals surface area contributed by atoms with Gasteiger partial charge in [-0.3, -0.25) is 9.59 Å². The molecule has 7 heteroatoms. The Morgan fingerprint density at radius 2 is 1.60 bits per heavy atom. The zero-order valence-corrected chi connectivity index (χ0v) is 19.2. The fourth-order valence-electron chi connectivity index (χ4n) is 3.57. The van der Waals surface area contributed by atoms with Crippen molar-refractivity contribution in [2.45, 2.75) is 6.61 Å². The second kappa shape index (κ2) is 11.5. The van der Waals surface area contributed by atoms with Crippen LogP contribution in [0.25, 0.3) is 10.8 Å². The quantitative estimate of drug-likeness (QED) is 0.284. The summed E-state index contributed by atoms with van der Waals surface area (Å²) in [7, 11) is 1.48. The molecule has 35 heavy (non-hydrogen) atoms. The van der Waals surface area contributed by atoms with Crippen LogP contribution in [0, 0.1) is 0 Å². The number of rotatable bonds is 9. The number of nitrogens with zero attached hydrogens (tertiary/aromatic N) is 1. The van der Waals surface area contributed by atoms with Crippen molar-refractivity contribution in [3.63, 3.8) is 0 Å². The Morgan fingerprint density at radius 3 is 2.43 bits per heavy atom. The normalized spacial score (nSPS) is 10.8. The summed E-state index contributed by atoms with van der Waals surface area (Å²) in [6.45, 7) is 0.169. The molecule has 0 aliphatic heterocycles. The molecule has 0 fully saturated rings. The molecule has 0 aromatic heterocycles. The molecule has 0 heterocycles. The molecule has 2 amide bonds. The molecule has 0 saturated carbocycles. The first-order valence-corrected chi connectivity index (χ1v) is 11.1. The van der Waals surface area contributed by atoms with E-state index in [0.29, 0.717) is 23.7 Å². The number of hydrogen-bond acceptors (Lipinski definition) is 5. The molecule has 0 spiro atoms. The summed E-state index contributed by atoms with van der Waals surface area (Å²) in [4.78, 5) is 24.7. The molecular weight excluding hydrogens is 442 g/mol. The lowest BCUT2D eigenvalue weighted by molar-refractivity contribution is -0.120. The highest BCUT2D eigenvalue weighted by atomic mass is 16.5. The highest BCUT2D eigenvalue weighted by Crippen LogP contribution is 2.27. The number of hydrazone groups is 1. The molecule has 7 nitrogen and oxygen atoms in total. The van der Waals surface area contributed by atoms with Crippen LogP contribution in [0.4, 0.5) is 0 Å². The lowest BCUT2D eigenvalue weighted by Crippen LogP contribution is -2.35. The number of nitrogens with one attached hydrogen (secondary N) is 2. The minimum Gasteiger partial charge on any atom is -0.496 e. The number of ether oxygens (including phenoxy) is 2. The van der Waals surface area contributed by atoms with E-state index in [1.165, 1.54) is 7.11 Å². The number of para-hydroxylation sites is 1. The fraction of sp³-hybridized carbons (Fsp3) is 0.107. The van der Waals surface area contributed by atoms with Crippen molar-refractivity contribution in [3.05, 3.63) is 108 Å². The van der Waals surface area contributed by atoms with Gasteiger partial charge in [0.2, 0.25) is 0 Å². The van der Waals surface area contributed by atoms with Crippen LogP contribution in [0.1, 0.15) is 21.5 Å². The summed E-state index contributed by atoms with van der Waals surface area (Å²) in [5.74, 6) is 0.209. The highest BCUT2D eigenvalue weighted by molar-refractivity contribution is 6.03. The smallest absolute Gasteiger partial charge is 0.259 e. The van der Waals surface area contributed by atoms with E-state index in [9.17, 15) is 9.59 Å². The van der Waals surface area contributed by atoms with E-state index < -0.39 is 11.8 Å². The summed E-state index contributed by atoms with van der Waals surface area (Å²) in [6, 6.07) is 28.4. The molecule has 0 unspecified atom stereocenters. The average Bonchev–Trinajstić information content (AvgIpc) is 2.91. The monoisotopic (exact) mass is 467 g/mol. The van der Waals surface area contributed by atoms with Crippen LogP contribution in [0.15, 0.2) is 96.1 Å². The molecule has 4 aromatic carbocycles. The van der Waals surface area contributed by atoms with Gasteiger partial charge in [-0.2, -0.15) is 5.10 Å². The van der Waals surface area contributed by atoms with Gasteiger partial charge in [0.25, 0.3) is 11.8 Å². The van der Waals surface area contributed by atoms with E-state index in [4.69, 9.17) is 9.47 Å². The number of benzene rings is 4. The van der Waals surface area contributed by atoms with Crippen LogP contribution in [-0.2, 0) is 11.4 Å². The minimum atomic E-state index is -0.462. The van der Waals surface area contributed by atoms with Gasteiger partial charge in [-0.25, -0.2) is 5.43 Å². The molecular formula is C28H25N3O4. The maximum Gasteiger partial charge on any atom is 0.259 e. The third-order valence-corrected chi connectivity index (χ3v) is 5.31. The number of fused-ring (bicyclic) bond motifs is 1. The number of methoxy groups -OCH3 is 1. The largest absolute Gasteiger partial charge is 0.496 e. The number of amides is 2. The molecule has 0 radical (unpaired) electrons. The van der Waals surface area contributed by atoms with Crippen LogP contribution < -0.4 is 20.2 Å². The molecule has 176 valence electrons. The fourth-order valence-corrected chi connectivity index (χ4v) is 3.57. The van der Waals surface area contributed by atoms with Gasteiger partial charge in [-0.05, 0) is 34.5 Å². The summed E-state index contributed by atoms with van der Waals surface area (Å²) in [5, 5.41) is 8.65. The maximum absolute atomic E-state index is 12.4. The van der Waals surface area contributed by atoms with Crippen molar-refractivity contribution in [3.8, 4) is 11.5 Å². The van der Waals surface area contributed by atoms with Gasteiger partial charge in [-0.15, -0.1) is 0 Å². The SMILES string of the molecule is COc1ccccc1C(=O)NCC(=O)NN=Cc1c(OCc2ccccc2)ccc2ccccc12. The highest BCUT2D eigenvalue weighted by Gasteiger charge is 2.12. The van der Waals surface area contributed by atoms with Crippen molar-refractivity contribution in [2.75, 3.05) is 13.7 Å². The summed E-state index contributed by atoms with van der Waals surface area (Å²) < 4.78 is 11.3. The Bertz CT molecular complexity index is 1350. The molecule has 2 N–H and O–H groups in total. The molecule has 0 atom stereocenters. The van der Waals surface area contributed by atoms with Gasteiger partial charge in [0.1, 0.15) is 18.1 Å². The predicted molar refractivity (Wildman–Crippen MR) is 136 cm³/mol. The Hall–Kier alpha value is -4.65. The Morgan fingerprint density at radius 1 is 0.857 bits per heavy atom. The van der Waals surface area contributed by atoms with Gasteiger partial charge < -0.3 is 14.8 Å². The first kappa shape index (κ1) is 23.5. The van der Waals surface area contributed by atoms with Crippen molar-refractivity contribution < 1.29 is 19.1 Å². The Balaban J connectivity index is 1.43. The maximum atomic E-state index is 12.4. The van der Waals surface area contributed by atoms with Crippen LogP contribution >= 0.6 is 0 Å². The molecule has 0 bridgehead atoms. The van der Waals surface area contributed by atoms with Crippen molar-refractivity contribution in [1.82, 2.24) is 10.7 Å². The van der Waals surface area contributed by atoms with Crippen LogP contribution in [-0.4, -0.2) is 31.7 Å². The van der Waals surface area contributed by atoms with Gasteiger partial charge in [0.05, 0.1) is 25.4 Å². The van der Waals surface area contributed by atoms with E-state index in [1.54, 1.807) is 30.5 Å². The van der Waals surface area contributed by atoms with E-state index in [0.717, 1.165) is 21.9 Å². The van der Waals surface area contributed by atoms with Crippen LogP contribution in [0.5, 0.6) is 11.5 Å². The number of hydrogen-bond donors (Lipinski definition) is 2. The van der Waals surface area contributed by atoms with Gasteiger partial charge in [0, 0.05) is 5.56 Å². The van der Waals surface area contributed by atoms with E-state index in [1.807, 2.05) is 66.7 Å². The molecule has 4 aromatic rings. The summed E-state index contributed by atoms with van der Waals surface area (Å²) >= 11 is 0. The third kappa shape index (κ3) is 6.03. The van der Waals surface area contributed by atoms with Gasteiger partial charge >= 0.3 is 0 Å². The molecule has 0 saturated heterocycles. The van der Waals surface area contributed by atoms with Crippen molar-refractivity contribution in [2.24, 2.45) is 5.10 Å². The van der Waals surface area contributed by atoms with Crippen molar-refractivity contribution >= 4 is 28.8 Å². The number of carbonyl (C=O) groups is 2. The lowest BCUT2D eigenvalue weighted by Gasteiger charge is -2.12. The molecule has 4 rings (SSSR count). The minimum absolute atomic E-state index is 0.235. The zero-order chi connectivity index (χ0) is 24.5. The Labute approximate surface area is 203 Å².